The summed E-state index contributed by atoms with van der Waals surface area (Å²) in [7, 11) is 0. The summed E-state index contributed by atoms with van der Waals surface area (Å²) in [5.41, 5.74) is 6.73. The Morgan fingerprint density at radius 2 is 1.24 bits per heavy atom. The van der Waals surface area contributed by atoms with Crippen molar-refractivity contribution in [3.05, 3.63) is 132 Å². The van der Waals surface area contributed by atoms with Crippen LogP contribution in [0, 0.1) is 18.3 Å². The molecule has 4 heterocycles. The number of rotatable bonds is 4. The van der Waals surface area contributed by atoms with E-state index < -0.39 is 0 Å². The minimum atomic E-state index is 0.00807. The van der Waals surface area contributed by atoms with Crippen LogP contribution in [0.3, 0.4) is 0 Å². The Kier molecular flexibility index (Phi) is 6.19. The van der Waals surface area contributed by atoms with Gasteiger partial charge in [0, 0.05) is 46.1 Å². The molecule has 6 heteroatoms. The molecule has 0 aliphatic rings. The molecule has 4 aromatic carbocycles. The first-order valence-corrected chi connectivity index (χ1v) is 15.4. The molecule has 0 bridgehead atoms. The van der Waals surface area contributed by atoms with Gasteiger partial charge in [0.25, 0.3) is 0 Å². The average molecular weight is 598 g/mol. The van der Waals surface area contributed by atoms with Crippen molar-refractivity contribution in [2.75, 3.05) is 0 Å². The van der Waals surface area contributed by atoms with Gasteiger partial charge in [0.15, 0.2) is 0 Å². The van der Waals surface area contributed by atoms with Crippen LogP contribution in [0.2, 0.25) is 0 Å². The second-order valence-corrected chi connectivity index (χ2v) is 12.8. The number of hydrogen-bond donors (Lipinski definition) is 0. The number of aryl methyl sites for hydroxylation is 1. The Hall–Kier alpha value is -5.93. The summed E-state index contributed by atoms with van der Waals surface area (Å²) in [4.78, 5) is 9.64. The molecule has 8 rings (SSSR count). The van der Waals surface area contributed by atoms with E-state index in [2.05, 4.69) is 96.6 Å². The molecule has 0 atom stereocenters. The Balaban J connectivity index is 1.30. The van der Waals surface area contributed by atoms with Crippen molar-refractivity contribution >= 4 is 43.6 Å². The molecular formula is C40H31N5O. The summed E-state index contributed by atoms with van der Waals surface area (Å²) < 4.78 is 10.9. The number of nitriles is 1. The number of fused-ring (bicyclic) bond motifs is 6. The van der Waals surface area contributed by atoms with Crippen molar-refractivity contribution < 1.29 is 4.74 Å². The van der Waals surface area contributed by atoms with Crippen LogP contribution in [-0.2, 0) is 5.41 Å². The lowest BCUT2D eigenvalue weighted by Crippen LogP contribution is -2.11. The molecule has 0 amide bonds. The van der Waals surface area contributed by atoms with E-state index in [0.29, 0.717) is 17.1 Å². The topological polar surface area (TPSA) is 68.7 Å². The number of hydrogen-bond acceptors (Lipinski definition) is 4. The van der Waals surface area contributed by atoms with Crippen LogP contribution in [-0.4, -0.2) is 19.1 Å². The zero-order valence-electron chi connectivity index (χ0n) is 26.1. The second kappa shape index (κ2) is 10.3. The van der Waals surface area contributed by atoms with Gasteiger partial charge in [-0.05, 0) is 65.9 Å². The molecule has 0 spiro atoms. The number of pyridine rings is 2. The van der Waals surface area contributed by atoms with Gasteiger partial charge in [0.1, 0.15) is 29.2 Å². The van der Waals surface area contributed by atoms with Gasteiger partial charge in [-0.2, -0.15) is 5.26 Å². The van der Waals surface area contributed by atoms with Crippen molar-refractivity contribution in [2.24, 2.45) is 0 Å². The van der Waals surface area contributed by atoms with Crippen LogP contribution in [0.15, 0.2) is 116 Å². The first kappa shape index (κ1) is 27.6. The Morgan fingerprint density at radius 1 is 0.630 bits per heavy atom. The van der Waals surface area contributed by atoms with E-state index in [1.54, 1.807) is 0 Å². The smallest absolute Gasteiger partial charge is 0.147 e. The van der Waals surface area contributed by atoms with Gasteiger partial charge < -0.3 is 4.74 Å². The van der Waals surface area contributed by atoms with E-state index >= 15 is 0 Å². The molecule has 0 radical (unpaired) electrons. The highest BCUT2D eigenvalue weighted by Crippen LogP contribution is 2.39. The highest BCUT2D eigenvalue weighted by atomic mass is 16.5. The van der Waals surface area contributed by atoms with E-state index in [9.17, 15) is 5.26 Å². The maximum atomic E-state index is 10.3. The van der Waals surface area contributed by atoms with Gasteiger partial charge >= 0.3 is 0 Å². The first-order valence-electron chi connectivity index (χ1n) is 15.4. The van der Waals surface area contributed by atoms with E-state index in [4.69, 9.17) is 14.7 Å². The van der Waals surface area contributed by atoms with Crippen LogP contribution in [0.25, 0.3) is 55.2 Å². The molecular weight excluding hydrogens is 566 g/mol. The molecule has 0 unspecified atom stereocenters. The van der Waals surface area contributed by atoms with Crippen LogP contribution < -0.4 is 4.74 Å². The van der Waals surface area contributed by atoms with Gasteiger partial charge in [-0.25, -0.2) is 9.97 Å². The first-order chi connectivity index (χ1) is 22.3. The van der Waals surface area contributed by atoms with Crippen molar-refractivity contribution in [3.8, 4) is 29.2 Å². The van der Waals surface area contributed by atoms with Crippen molar-refractivity contribution in [1.82, 2.24) is 19.1 Å². The second-order valence-electron chi connectivity index (χ2n) is 12.8. The van der Waals surface area contributed by atoms with E-state index in [1.165, 1.54) is 5.56 Å². The van der Waals surface area contributed by atoms with Gasteiger partial charge in [-0.15, -0.1) is 0 Å². The molecule has 8 aromatic rings. The largest absolute Gasteiger partial charge is 0.456 e. The van der Waals surface area contributed by atoms with E-state index in [0.717, 1.165) is 60.8 Å². The maximum Gasteiger partial charge on any atom is 0.147 e. The van der Waals surface area contributed by atoms with Crippen LogP contribution in [0.1, 0.15) is 37.5 Å². The SMILES string of the molecule is Cc1ccc(-n2c3ccccc3c3cc(C#N)c(Oc4ccc5c6ccccc6n(-c6ccc(C(C)(C)C)cn6)c5c4)cc32)nc1. The number of benzene rings is 4. The number of aromatic nitrogens is 4. The maximum absolute atomic E-state index is 10.3. The Labute approximate surface area is 266 Å². The fourth-order valence-electron chi connectivity index (χ4n) is 6.36. The van der Waals surface area contributed by atoms with Crippen LogP contribution in [0.5, 0.6) is 11.5 Å². The summed E-state index contributed by atoms with van der Waals surface area (Å²) in [5.74, 6) is 2.77. The molecule has 4 aromatic heterocycles. The average Bonchev–Trinajstić information content (AvgIpc) is 3.56. The Bertz CT molecular complexity index is 2490. The van der Waals surface area contributed by atoms with Gasteiger partial charge in [-0.1, -0.05) is 69.3 Å². The van der Waals surface area contributed by atoms with Crippen molar-refractivity contribution in [2.45, 2.75) is 33.1 Å². The standard InChI is InChI=1S/C40H31N5O/c1-25-13-17-38(42-23-25)45-34-12-8-6-10-30(34)32-19-26(22-41)37(21-36(32)45)46-28-15-16-31-29-9-5-7-11-33(29)44(35(31)20-28)39-18-14-27(24-43-39)40(2,3)4/h5-21,23-24H,1-4H3. The van der Waals surface area contributed by atoms with Crippen molar-refractivity contribution in [1.29, 1.82) is 5.26 Å². The summed E-state index contributed by atoms with van der Waals surface area (Å²) in [6.07, 6.45) is 3.84. The molecule has 222 valence electrons. The minimum Gasteiger partial charge on any atom is -0.456 e. The molecule has 0 N–H and O–H groups in total. The summed E-state index contributed by atoms with van der Waals surface area (Å²) >= 11 is 0. The number of nitrogens with zero attached hydrogens (tertiary/aromatic N) is 5. The molecule has 46 heavy (non-hydrogen) atoms. The fourth-order valence-corrected chi connectivity index (χ4v) is 6.36. The predicted molar refractivity (Wildman–Crippen MR) is 185 cm³/mol. The zero-order valence-corrected chi connectivity index (χ0v) is 26.1. The summed E-state index contributed by atoms with van der Waals surface area (Å²) in [6.45, 7) is 8.60. The van der Waals surface area contributed by atoms with Crippen molar-refractivity contribution in [3.63, 3.8) is 0 Å². The van der Waals surface area contributed by atoms with Crippen LogP contribution in [0.4, 0.5) is 0 Å². The van der Waals surface area contributed by atoms with Crippen LogP contribution >= 0.6 is 0 Å². The quantitative estimate of drug-likeness (QED) is 0.202. The summed E-state index contributed by atoms with van der Waals surface area (Å²) in [6, 6.07) is 37.2. The lowest BCUT2D eigenvalue weighted by molar-refractivity contribution is 0.482. The third-order valence-electron chi connectivity index (χ3n) is 8.74. The molecule has 6 nitrogen and oxygen atoms in total. The molecule has 0 saturated carbocycles. The monoisotopic (exact) mass is 597 g/mol. The molecule has 0 aliphatic carbocycles. The third-order valence-corrected chi connectivity index (χ3v) is 8.74. The lowest BCUT2D eigenvalue weighted by atomic mass is 9.88. The van der Waals surface area contributed by atoms with E-state index in [-0.39, 0.29) is 5.41 Å². The van der Waals surface area contributed by atoms with Gasteiger partial charge in [0.2, 0.25) is 0 Å². The normalized spacial score (nSPS) is 11.9. The number of ether oxygens (including phenoxy) is 1. The summed E-state index contributed by atoms with van der Waals surface area (Å²) in [5, 5.41) is 14.5. The third kappa shape index (κ3) is 4.40. The minimum absolute atomic E-state index is 0.00807. The molecule has 0 aliphatic heterocycles. The predicted octanol–water partition coefficient (Wildman–Crippen LogP) is 9.94. The highest BCUT2D eigenvalue weighted by Gasteiger charge is 2.19. The number of para-hydroxylation sites is 2. The zero-order chi connectivity index (χ0) is 31.6. The Morgan fingerprint density at radius 3 is 1.85 bits per heavy atom. The highest BCUT2D eigenvalue weighted by molar-refractivity contribution is 6.11. The van der Waals surface area contributed by atoms with Gasteiger partial charge in [0.05, 0.1) is 27.6 Å². The molecule has 0 fully saturated rings. The lowest BCUT2D eigenvalue weighted by Gasteiger charge is -2.19. The fraction of sp³-hybridized carbons (Fsp3) is 0.125. The molecule has 0 saturated heterocycles. The van der Waals surface area contributed by atoms with E-state index in [1.807, 2.05) is 61.8 Å². The van der Waals surface area contributed by atoms with Gasteiger partial charge in [-0.3, -0.25) is 9.13 Å².